The lowest BCUT2D eigenvalue weighted by Gasteiger charge is -2.11. The predicted octanol–water partition coefficient (Wildman–Crippen LogP) is 3.57. The van der Waals surface area contributed by atoms with Gasteiger partial charge in [-0.25, -0.2) is 9.98 Å². The van der Waals surface area contributed by atoms with Gasteiger partial charge >= 0.3 is 0 Å². The summed E-state index contributed by atoms with van der Waals surface area (Å²) in [6.07, 6.45) is 2.97. The number of aryl methyl sites for hydroxylation is 1. The van der Waals surface area contributed by atoms with E-state index in [4.69, 9.17) is 4.74 Å². The van der Waals surface area contributed by atoms with Crippen LogP contribution in [-0.4, -0.2) is 35.5 Å². The number of hydrogen-bond acceptors (Lipinski definition) is 3. The minimum absolute atomic E-state index is 0. The van der Waals surface area contributed by atoms with Crippen LogP contribution in [0.15, 0.2) is 53.7 Å². The molecular weight excluding hydrogens is 465 g/mol. The van der Waals surface area contributed by atoms with E-state index in [1.807, 2.05) is 24.3 Å². The summed E-state index contributed by atoms with van der Waals surface area (Å²) in [6, 6.07) is 14.3. The van der Waals surface area contributed by atoms with Crippen LogP contribution in [0.2, 0.25) is 0 Å². The maximum Gasteiger partial charge on any atom is 0.191 e. The quantitative estimate of drug-likeness (QED) is 0.300. The van der Waals surface area contributed by atoms with Gasteiger partial charge in [-0.1, -0.05) is 18.2 Å². The summed E-state index contributed by atoms with van der Waals surface area (Å²) in [5, 5.41) is 6.67. The fourth-order valence-corrected chi connectivity index (χ4v) is 2.89. The zero-order chi connectivity index (χ0) is 19.1. The lowest BCUT2D eigenvalue weighted by Crippen LogP contribution is -2.38. The first-order valence-electron chi connectivity index (χ1n) is 9.28. The van der Waals surface area contributed by atoms with Crippen LogP contribution in [0.3, 0.4) is 0 Å². The summed E-state index contributed by atoms with van der Waals surface area (Å²) in [7, 11) is 1.68. The number of guanidine groups is 1. The third-order valence-electron chi connectivity index (χ3n) is 4.35. The number of rotatable bonds is 7. The Morgan fingerprint density at radius 3 is 2.61 bits per heavy atom. The maximum absolute atomic E-state index is 5.19. The number of imidazole rings is 1. The molecule has 0 aliphatic rings. The number of fused-ring (bicyclic) bond motifs is 1. The fourth-order valence-electron chi connectivity index (χ4n) is 2.89. The molecule has 0 saturated carbocycles. The van der Waals surface area contributed by atoms with Crippen molar-refractivity contribution < 1.29 is 4.74 Å². The van der Waals surface area contributed by atoms with Gasteiger partial charge in [0.2, 0.25) is 0 Å². The molecule has 2 aromatic heterocycles. The first kappa shape index (κ1) is 22.0. The van der Waals surface area contributed by atoms with Crippen LogP contribution in [-0.2, 0) is 13.0 Å². The Hall–Kier alpha value is -2.29. The Labute approximate surface area is 183 Å². The molecular formula is C21H28IN5O. The smallest absolute Gasteiger partial charge is 0.191 e. The van der Waals surface area contributed by atoms with Crippen LogP contribution in [0, 0.1) is 6.92 Å². The Morgan fingerprint density at radius 1 is 1.14 bits per heavy atom. The highest BCUT2D eigenvalue weighted by Gasteiger charge is 2.04. The molecule has 2 heterocycles. The number of aliphatic imine (C=N–C) groups is 1. The number of nitrogens with zero attached hydrogens (tertiary/aromatic N) is 3. The molecule has 0 spiro atoms. The van der Waals surface area contributed by atoms with Gasteiger partial charge in [-0.05, 0) is 50.1 Å². The minimum atomic E-state index is 0. The summed E-state index contributed by atoms with van der Waals surface area (Å²) >= 11 is 0. The SMILES string of the molecule is CCNC(=NCc1cn2c(C)cccc2n1)NCCc1ccc(OC)cc1.I. The van der Waals surface area contributed by atoms with Gasteiger partial charge in [0, 0.05) is 25.0 Å². The molecule has 0 amide bonds. The van der Waals surface area contributed by atoms with Crippen molar-refractivity contribution in [3.8, 4) is 5.75 Å². The molecule has 2 N–H and O–H groups in total. The zero-order valence-electron chi connectivity index (χ0n) is 16.6. The summed E-state index contributed by atoms with van der Waals surface area (Å²) in [5.74, 6) is 1.68. The number of benzene rings is 1. The lowest BCUT2D eigenvalue weighted by atomic mass is 10.1. The van der Waals surface area contributed by atoms with Gasteiger partial charge in [-0.2, -0.15) is 0 Å². The average molecular weight is 493 g/mol. The van der Waals surface area contributed by atoms with E-state index < -0.39 is 0 Å². The summed E-state index contributed by atoms with van der Waals surface area (Å²) in [6.45, 7) is 6.31. The minimum Gasteiger partial charge on any atom is -0.497 e. The molecule has 0 saturated heterocycles. The van der Waals surface area contributed by atoms with Crippen LogP contribution in [0.4, 0.5) is 0 Å². The van der Waals surface area contributed by atoms with Crippen molar-refractivity contribution in [3.05, 3.63) is 65.6 Å². The van der Waals surface area contributed by atoms with Crippen molar-refractivity contribution in [3.63, 3.8) is 0 Å². The molecule has 0 aliphatic heterocycles. The first-order chi connectivity index (χ1) is 13.2. The van der Waals surface area contributed by atoms with Gasteiger partial charge in [-0.15, -0.1) is 24.0 Å². The Kier molecular flexibility index (Phi) is 8.56. The van der Waals surface area contributed by atoms with Crippen LogP contribution in [0.5, 0.6) is 5.75 Å². The molecule has 3 rings (SSSR count). The van der Waals surface area contributed by atoms with Gasteiger partial charge in [0.1, 0.15) is 11.4 Å². The molecule has 1 aromatic carbocycles. The van der Waals surface area contributed by atoms with E-state index in [0.717, 1.165) is 42.6 Å². The molecule has 3 aromatic rings. The Balaban J connectivity index is 0.00000280. The largest absolute Gasteiger partial charge is 0.497 e. The van der Waals surface area contributed by atoms with E-state index >= 15 is 0 Å². The van der Waals surface area contributed by atoms with E-state index in [0.29, 0.717) is 6.54 Å². The van der Waals surface area contributed by atoms with Gasteiger partial charge < -0.3 is 19.8 Å². The summed E-state index contributed by atoms with van der Waals surface area (Å²) in [4.78, 5) is 9.30. The molecule has 0 radical (unpaired) electrons. The molecule has 6 nitrogen and oxygen atoms in total. The predicted molar refractivity (Wildman–Crippen MR) is 125 cm³/mol. The van der Waals surface area contributed by atoms with Crippen molar-refractivity contribution in [1.82, 2.24) is 20.0 Å². The van der Waals surface area contributed by atoms with E-state index in [9.17, 15) is 0 Å². The molecule has 7 heteroatoms. The van der Waals surface area contributed by atoms with Gasteiger partial charge in [-0.3, -0.25) is 0 Å². The summed E-state index contributed by atoms with van der Waals surface area (Å²) in [5.41, 5.74) is 4.34. The van der Waals surface area contributed by atoms with Crippen molar-refractivity contribution in [2.24, 2.45) is 4.99 Å². The highest BCUT2D eigenvalue weighted by Crippen LogP contribution is 2.11. The highest BCUT2D eigenvalue weighted by molar-refractivity contribution is 14.0. The Morgan fingerprint density at radius 2 is 1.93 bits per heavy atom. The molecule has 150 valence electrons. The zero-order valence-corrected chi connectivity index (χ0v) is 18.9. The van der Waals surface area contributed by atoms with Crippen LogP contribution < -0.4 is 15.4 Å². The van der Waals surface area contributed by atoms with Crippen LogP contribution in [0.25, 0.3) is 5.65 Å². The molecule has 28 heavy (non-hydrogen) atoms. The second-order valence-electron chi connectivity index (χ2n) is 6.35. The van der Waals surface area contributed by atoms with Gasteiger partial charge in [0.25, 0.3) is 0 Å². The summed E-state index contributed by atoms with van der Waals surface area (Å²) < 4.78 is 7.29. The van der Waals surface area contributed by atoms with E-state index in [1.165, 1.54) is 11.3 Å². The van der Waals surface area contributed by atoms with Gasteiger partial charge in [0.05, 0.1) is 19.3 Å². The van der Waals surface area contributed by atoms with Crippen molar-refractivity contribution >= 4 is 35.6 Å². The fraction of sp³-hybridized carbons (Fsp3) is 0.333. The molecule has 0 atom stereocenters. The normalized spacial score (nSPS) is 11.2. The number of nitrogens with one attached hydrogen (secondary N) is 2. The number of hydrogen-bond donors (Lipinski definition) is 2. The number of aromatic nitrogens is 2. The van der Waals surface area contributed by atoms with E-state index in [2.05, 4.69) is 63.3 Å². The molecule has 0 bridgehead atoms. The second-order valence-corrected chi connectivity index (χ2v) is 6.35. The average Bonchev–Trinajstić information content (AvgIpc) is 3.11. The number of ether oxygens (including phenoxy) is 1. The topological polar surface area (TPSA) is 63.0 Å². The maximum atomic E-state index is 5.19. The van der Waals surface area contributed by atoms with Crippen molar-refractivity contribution in [1.29, 1.82) is 0 Å². The lowest BCUT2D eigenvalue weighted by molar-refractivity contribution is 0.414. The van der Waals surface area contributed by atoms with E-state index in [-0.39, 0.29) is 24.0 Å². The standard InChI is InChI=1S/C21H27N5O.HI/c1-4-22-21(23-13-12-17-8-10-19(27-3)11-9-17)24-14-18-15-26-16(2)6-5-7-20(26)25-18;/h5-11,15H,4,12-14H2,1-3H3,(H2,22,23,24);1H. The molecule has 0 fully saturated rings. The number of halogens is 1. The van der Waals surface area contributed by atoms with Crippen molar-refractivity contribution in [2.75, 3.05) is 20.2 Å². The van der Waals surface area contributed by atoms with Gasteiger partial charge in [0.15, 0.2) is 5.96 Å². The molecule has 0 unspecified atom stereocenters. The highest BCUT2D eigenvalue weighted by atomic mass is 127. The Bertz CT molecular complexity index is 905. The number of methoxy groups -OCH3 is 1. The first-order valence-corrected chi connectivity index (χ1v) is 9.28. The van der Waals surface area contributed by atoms with Crippen LogP contribution in [0.1, 0.15) is 23.9 Å². The van der Waals surface area contributed by atoms with Crippen molar-refractivity contribution in [2.45, 2.75) is 26.8 Å². The van der Waals surface area contributed by atoms with Crippen LogP contribution >= 0.6 is 24.0 Å². The number of pyridine rings is 1. The third kappa shape index (κ3) is 5.85. The second kappa shape index (κ2) is 10.9. The van der Waals surface area contributed by atoms with E-state index in [1.54, 1.807) is 7.11 Å². The molecule has 0 aliphatic carbocycles. The monoisotopic (exact) mass is 493 g/mol. The third-order valence-corrected chi connectivity index (χ3v) is 4.35.